The fraction of sp³-hybridized carbons (Fsp3) is 0.310. The first-order valence-corrected chi connectivity index (χ1v) is 14.1. The van der Waals surface area contributed by atoms with Gasteiger partial charge < -0.3 is 14.6 Å². The second-order valence-electron chi connectivity index (χ2n) is 9.71. The van der Waals surface area contributed by atoms with Crippen LogP contribution in [0.5, 0.6) is 17.2 Å². The quantitative estimate of drug-likeness (QED) is 0.441. The number of likely N-dealkylation sites (tertiary alicyclic amines) is 1. The first-order chi connectivity index (χ1) is 17.7. The molecule has 0 unspecified atom stereocenters. The summed E-state index contributed by atoms with van der Waals surface area (Å²) in [6.07, 6.45) is 0.704. The molecule has 0 aromatic heterocycles. The third-order valence-corrected chi connectivity index (χ3v) is 8.07. The zero-order valence-corrected chi connectivity index (χ0v) is 21.7. The Morgan fingerprint density at radius 2 is 1.84 bits per heavy atom. The Labute approximate surface area is 216 Å². The average molecular weight is 524 g/mol. The lowest BCUT2D eigenvalue weighted by atomic mass is 9.86. The Morgan fingerprint density at radius 1 is 1.08 bits per heavy atom. The molecule has 2 heterocycles. The molecule has 0 amide bonds. The van der Waals surface area contributed by atoms with E-state index in [0.717, 1.165) is 53.2 Å². The molecule has 3 aromatic rings. The van der Waals surface area contributed by atoms with Crippen LogP contribution in [-0.4, -0.2) is 57.6 Å². The summed E-state index contributed by atoms with van der Waals surface area (Å²) >= 11 is 0. The van der Waals surface area contributed by atoms with E-state index >= 15 is 0 Å². The maximum atomic E-state index is 12.6. The number of sulfone groups is 1. The Balaban J connectivity index is 1.43. The fourth-order valence-corrected chi connectivity index (χ4v) is 5.59. The predicted molar refractivity (Wildman–Crippen MR) is 141 cm³/mol. The summed E-state index contributed by atoms with van der Waals surface area (Å²) in [4.78, 5) is 2.41. The number of halogens is 1. The van der Waals surface area contributed by atoms with Crippen LogP contribution in [0.3, 0.4) is 0 Å². The van der Waals surface area contributed by atoms with Gasteiger partial charge in [-0.15, -0.1) is 0 Å². The van der Waals surface area contributed by atoms with Crippen molar-refractivity contribution in [2.45, 2.75) is 17.9 Å². The third-order valence-electron chi connectivity index (χ3n) is 6.96. The number of hydrogen-bond donors (Lipinski definition) is 1. The van der Waals surface area contributed by atoms with Gasteiger partial charge in [0.25, 0.3) is 0 Å². The summed E-state index contributed by atoms with van der Waals surface area (Å²) < 4.78 is 49.4. The lowest BCUT2D eigenvalue weighted by molar-refractivity contribution is 0.0668. The molecule has 2 aliphatic heterocycles. The molecular weight excluding hydrogens is 493 g/mol. The molecule has 1 saturated heterocycles. The zero-order chi connectivity index (χ0) is 26.2. The third kappa shape index (κ3) is 5.36. The molecule has 1 N–H and O–H groups in total. The van der Waals surface area contributed by atoms with Crippen molar-refractivity contribution >= 4 is 21.0 Å². The highest BCUT2D eigenvalue weighted by Gasteiger charge is 2.30. The van der Waals surface area contributed by atoms with Crippen LogP contribution in [-0.2, 0) is 9.84 Å². The minimum absolute atomic E-state index is 0.129. The van der Waals surface area contributed by atoms with Crippen LogP contribution in [0.25, 0.3) is 11.1 Å². The van der Waals surface area contributed by atoms with Crippen molar-refractivity contribution in [3.8, 4) is 17.2 Å². The number of rotatable bonds is 8. The van der Waals surface area contributed by atoms with Crippen LogP contribution in [0.2, 0.25) is 0 Å². The predicted octanol–water partition coefficient (Wildman–Crippen LogP) is 5.14. The Bertz CT molecular complexity index is 1430. The molecule has 0 bridgehead atoms. The van der Waals surface area contributed by atoms with E-state index in [4.69, 9.17) is 9.47 Å². The lowest BCUT2D eigenvalue weighted by Gasteiger charge is -2.37. The van der Waals surface area contributed by atoms with E-state index in [-0.39, 0.29) is 23.2 Å². The van der Waals surface area contributed by atoms with Crippen LogP contribution in [0.4, 0.5) is 4.39 Å². The first-order valence-electron chi connectivity index (χ1n) is 12.3. The zero-order valence-electron chi connectivity index (χ0n) is 20.9. The van der Waals surface area contributed by atoms with Gasteiger partial charge in [0.05, 0.1) is 11.6 Å². The molecule has 0 radical (unpaired) electrons. The highest BCUT2D eigenvalue weighted by molar-refractivity contribution is 7.90. The minimum Gasteiger partial charge on any atom is -0.508 e. The normalized spacial score (nSPS) is 18.2. The fourth-order valence-electron chi connectivity index (χ4n) is 4.93. The van der Waals surface area contributed by atoms with Crippen LogP contribution in [0.1, 0.15) is 29.7 Å². The van der Waals surface area contributed by atoms with Gasteiger partial charge in [0, 0.05) is 42.9 Å². The smallest absolute Gasteiger partial charge is 0.175 e. The molecule has 5 rings (SSSR count). The topological polar surface area (TPSA) is 76.1 Å². The van der Waals surface area contributed by atoms with E-state index in [1.807, 2.05) is 37.3 Å². The van der Waals surface area contributed by atoms with Crippen LogP contribution >= 0.6 is 0 Å². The average Bonchev–Trinajstić information content (AvgIpc) is 2.85. The molecule has 0 saturated carbocycles. The summed E-state index contributed by atoms with van der Waals surface area (Å²) in [6, 6.07) is 19.5. The summed E-state index contributed by atoms with van der Waals surface area (Å²) in [7, 11) is -3.40. The monoisotopic (exact) mass is 523 g/mol. The maximum Gasteiger partial charge on any atom is 0.175 e. The van der Waals surface area contributed by atoms with Crippen molar-refractivity contribution < 1.29 is 27.4 Å². The molecule has 8 heteroatoms. The van der Waals surface area contributed by atoms with Crippen molar-refractivity contribution in [3.05, 3.63) is 83.4 Å². The van der Waals surface area contributed by atoms with Crippen molar-refractivity contribution in [3.63, 3.8) is 0 Å². The summed E-state index contributed by atoms with van der Waals surface area (Å²) in [6.45, 7) is 4.55. The van der Waals surface area contributed by atoms with E-state index in [9.17, 15) is 17.9 Å². The van der Waals surface area contributed by atoms with Gasteiger partial charge in [-0.05, 0) is 66.1 Å². The molecule has 1 fully saturated rings. The number of phenols is 1. The Kier molecular flexibility index (Phi) is 6.96. The molecule has 3 aromatic carbocycles. The molecule has 37 heavy (non-hydrogen) atoms. The molecule has 0 spiro atoms. The van der Waals surface area contributed by atoms with E-state index in [1.165, 1.54) is 6.26 Å². The molecule has 1 atom stereocenters. The van der Waals surface area contributed by atoms with E-state index < -0.39 is 15.9 Å². The van der Waals surface area contributed by atoms with Crippen LogP contribution in [0.15, 0.2) is 71.6 Å². The lowest BCUT2D eigenvalue weighted by Crippen LogP contribution is -2.49. The number of fused-ring (bicyclic) bond motifs is 1. The Hall–Kier alpha value is -3.36. The van der Waals surface area contributed by atoms with E-state index in [0.29, 0.717) is 12.4 Å². The number of aromatic hydroxyl groups is 1. The Morgan fingerprint density at radius 3 is 2.54 bits per heavy atom. The number of allylic oxidation sites excluding steroid dienone is 1. The second-order valence-corrected chi connectivity index (χ2v) is 11.7. The molecule has 0 aliphatic carbocycles. The molecular formula is C29H30FNO5S. The minimum atomic E-state index is -3.40. The van der Waals surface area contributed by atoms with Crippen molar-refractivity contribution in [2.24, 2.45) is 5.92 Å². The molecule has 194 valence electrons. The van der Waals surface area contributed by atoms with Gasteiger partial charge in [-0.2, -0.15) is 0 Å². The van der Waals surface area contributed by atoms with Gasteiger partial charge in [0.15, 0.2) is 9.84 Å². The molecule has 6 nitrogen and oxygen atoms in total. The summed E-state index contributed by atoms with van der Waals surface area (Å²) in [5, 5.41) is 10.1. The maximum absolute atomic E-state index is 12.6. The summed E-state index contributed by atoms with van der Waals surface area (Å²) in [5.74, 6) is 1.66. The van der Waals surface area contributed by atoms with Gasteiger partial charge in [0.1, 0.15) is 30.0 Å². The summed E-state index contributed by atoms with van der Waals surface area (Å²) in [5.41, 5.74) is 4.11. The number of ether oxygens (including phenoxy) is 2. The number of phenolic OH excluding ortho intramolecular Hbond substituents is 1. The number of benzene rings is 3. The SMILES string of the molecule is CC1=C(c2cccc(S(C)(=O)=O)c2)[C@@H](c2ccc(OCCN3CC(CF)C3)cc2)Oc2ccc(O)cc21. The van der Waals surface area contributed by atoms with E-state index in [2.05, 4.69) is 4.90 Å². The van der Waals surface area contributed by atoms with Crippen molar-refractivity contribution in [2.75, 3.05) is 39.2 Å². The number of alkyl halides is 1. The second kappa shape index (κ2) is 10.2. The van der Waals surface area contributed by atoms with Gasteiger partial charge in [0.2, 0.25) is 0 Å². The first kappa shape index (κ1) is 25.3. The van der Waals surface area contributed by atoms with Crippen LogP contribution in [0, 0.1) is 5.92 Å². The van der Waals surface area contributed by atoms with Crippen molar-refractivity contribution in [1.29, 1.82) is 0 Å². The highest BCUT2D eigenvalue weighted by Crippen LogP contribution is 2.47. The standard InChI is InChI=1S/C29H30FNO5S/c1-19-26-15-23(32)8-11-27(26)36-29(28(19)22-4-3-5-25(14-22)37(2,33)34)21-6-9-24(10-7-21)35-13-12-31-17-20(16-30)18-31/h3-11,14-15,20,29,32H,12-13,16-18H2,1-2H3/t29-/m1/s1. The van der Waals surface area contributed by atoms with Gasteiger partial charge >= 0.3 is 0 Å². The van der Waals surface area contributed by atoms with Crippen molar-refractivity contribution in [1.82, 2.24) is 4.90 Å². The van der Waals surface area contributed by atoms with Gasteiger partial charge in [-0.3, -0.25) is 9.29 Å². The molecule has 2 aliphatic rings. The van der Waals surface area contributed by atoms with Gasteiger partial charge in [-0.25, -0.2) is 8.42 Å². The van der Waals surface area contributed by atoms with E-state index in [1.54, 1.807) is 36.4 Å². The number of nitrogens with zero attached hydrogens (tertiary/aromatic N) is 1. The number of hydrogen-bond acceptors (Lipinski definition) is 6. The highest BCUT2D eigenvalue weighted by atomic mass is 32.2. The van der Waals surface area contributed by atoms with Crippen LogP contribution < -0.4 is 9.47 Å². The van der Waals surface area contributed by atoms with Gasteiger partial charge in [-0.1, -0.05) is 24.3 Å². The largest absolute Gasteiger partial charge is 0.508 e.